The van der Waals surface area contributed by atoms with Gasteiger partial charge in [0.25, 0.3) is 0 Å². The van der Waals surface area contributed by atoms with E-state index in [0.29, 0.717) is 8.45 Å². The van der Waals surface area contributed by atoms with Crippen molar-refractivity contribution in [1.29, 1.82) is 0 Å². The average Bonchev–Trinajstić information content (AvgIpc) is 3.49. The Bertz CT molecular complexity index is 1400. The maximum Gasteiger partial charge on any atom is -1.00 e. The Morgan fingerprint density at radius 1 is 0.487 bits per heavy atom. The molecule has 0 aliphatic heterocycles. The Kier molecular flexibility index (Phi) is 10.2. The Hall–Kier alpha value is -1.49. The molecule has 0 aromatic heterocycles. The molecule has 0 fully saturated rings. The molecule has 0 N–H and O–H groups in total. The molecule has 0 radical (unpaired) electrons. The molecule has 0 amide bonds. The standard InChI is InChI=1S/2C17H16P.2ClH.Ti/c2*1-18(2)15-11-14-9-6-10-16(17(14)12-15)13-7-4-3-5-8-13;;;/h2*3-12H,1-2H3;2*1H;/q;;;;+2/p-2. The number of hydrogen-bond donors (Lipinski definition) is 0. The number of rotatable bonds is 6. The molecule has 0 bridgehead atoms. The summed E-state index contributed by atoms with van der Waals surface area (Å²) in [5.74, 6) is 0. The van der Waals surface area contributed by atoms with Crippen molar-refractivity contribution in [3.8, 4) is 22.3 Å². The number of allylic oxidation sites excluding steroid dienone is 2. The summed E-state index contributed by atoms with van der Waals surface area (Å²) in [6.07, 6.45) is 5.16. The molecule has 0 saturated carbocycles. The zero-order chi connectivity index (χ0) is 25.5. The van der Waals surface area contributed by atoms with Gasteiger partial charge in [-0.05, 0) is 0 Å². The van der Waals surface area contributed by atoms with Crippen molar-refractivity contribution < 1.29 is 44.0 Å². The van der Waals surface area contributed by atoms with Gasteiger partial charge in [0.1, 0.15) is 0 Å². The SMILES string of the molecule is CP(C)C1=Cc2c(-c3ccccc3)cccc2[CH]1[Ti+2][CH]1C(P(C)C)=Cc2c(-c3ccccc3)cccc21.[Cl-].[Cl-]. The number of hydrogen-bond acceptors (Lipinski definition) is 0. The van der Waals surface area contributed by atoms with E-state index >= 15 is 0 Å². The zero-order valence-corrected chi connectivity index (χ0v) is 27.6. The van der Waals surface area contributed by atoms with E-state index in [1.165, 1.54) is 33.4 Å². The monoisotopic (exact) mass is 620 g/mol. The van der Waals surface area contributed by atoms with Crippen LogP contribution in [-0.2, 0) is 19.2 Å². The molecule has 0 saturated heterocycles. The molecule has 0 spiro atoms. The topological polar surface area (TPSA) is 0 Å². The van der Waals surface area contributed by atoms with Crippen LogP contribution in [0.4, 0.5) is 0 Å². The van der Waals surface area contributed by atoms with Gasteiger partial charge in [-0.3, -0.25) is 0 Å². The fourth-order valence-electron chi connectivity index (χ4n) is 5.80. The first kappa shape index (κ1) is 30.5. The molecule has 39 heavy (non-hydrogen) atoms. The van der Waals surface area contributed by atoms with Crippen molar-refractivity contribution in [1.82, 2.24) is 0 Å². The Morgan fingerprint density at radius 2 is 0.872 bits per heavy atom. The summed E-state index contributed by atoms with van der Waals surface area (Å²) in [5, 5.41) is 3.41. The van der Waals surface area contributed by atoms with Crippen molar-refractivity contribution in [2.45, 2.75) is 8.45 Å². The summed E-state index contributed by atoms with van der Waals surface area (Å²) in [6, 6.07) is 36.0. The van der Waals surface area contributed by atoms with Gasteiger partial charge in [-0.2, -0.15) is 0 Å². The van der Waals surface area contributed by atoms with Gasteiger partial charge >= 0.3 is 234 Å². The molecule has 5 heteroatoms. The Labute approximate surface area is 257 Å². The maximum absolute atomic E-state index is 2.58. The zero-order valence-electron chi connectivity index (χ0n) is 22.7. The molecule has 2 unspecified atom stereocenters. The number of fused-ring (bicyclic) bond motifs is 2. The van der Waals surface area contributed by atoms with Crippen LogP contribution < -0.4 is 24.8 Å². The smallest absolute Gasteiger partial charge is 1.00 e. The van der Waals surface area contributed by atoms with E-state index in [2.05, 4.69) is 136 Å². The summed E-state index contributed by atoms with van der Waals surface area (Å²) in [7, 11) is -0.300. The van der Waals surface area contributed by atoms with Gasteiger partial charge in [0.2, 0.25) is 0 Å². The van der Waals surface area contributed by atoms with E-state index in [9.17, 15) is 0 Å². The van der Waals surface area contributed by atoms with Gasteiger partial charge in [0.05, 0.1) is 0 Å². The van der Waals surface area contributed by atoms with E-state index in [1.54, 1.807) is 21.8 Å². The maximum atomic E-state index is 2.58. The van der Waals surface area contributed by atoms with E-state index in [-0.39, 0.29) is 59.8 Å². The van der Waals surface area contributed by atoms with E-state index in [0.717, 1.165) is 0 Å². The minimum absolute atomic E-state index is 0. The first-order chi connectivity index (χ1) is 18.0. The van der Waals surface area contributed by atoms with Crippen LogP contribution in [0.25, 0.3) is 34.4 Å². The Balaban J connectivity index is 0.00000176. The fourth-order valence-corrected chi connectivity index (χ4v) is 13.6. The minimum Gasteiger partial charge on any atom is -1.00 e. The molecule has 2 aliphatic rings. The number of halogens is 2. The van der Waals surface area contributed by atoms with Crippen LogP contribution in [0.3, 0.4) is 0 Å². The van der Waals surface area contributed by atoms with Gasteiger partial charge in [-0.25, -0.2) is 0 Å². The third-order valence-corrected chi connectivity index (χ3v) is 14.2. The third-order valence-electron chi connectivity index (χ3n) is 7.61. The van der Waals surface area contributed by atoms with Crippen LogP contribution >= 0.6 is 15.8 Å². The van der Waals surface area contributed by atoms with Crippen LogP contribution in [0.5, 0.6) is 0 Å². The van der Waals surface area contributed by atoms with Gasteiger partial charge in [0.15, 0.2) is 0 Å². The molecule has 6 rings (SSSR count). The average molecular weight is 621 g/mol. The fraction of sp³-hybridized carbons (Fsp3) is 0.176. The van der Waals surface area contributed by atoms with E-state index < -0.39 is 0 Å². The quantitative estimate of drug-likeness (QED) is 0.225. The van der Waals surface area contributed by atoms with Crippen LogP contribution in [0.15, 0.2) is 108 Å². The predicted octanol–water partition coefficient (Wildman–Crippen LogP) is 4.09. The third kappa shape index (κ3) is 5.81. The second-order valence-corrected chi connectivity index (χ2v) is 17.2. The normalized spacial score (nSPS) is 17.0. The largest absolute Gasteiger partial charge is 1.00 e. The first-order valence-corrected chi connectivity index (χ1v) is 19.2. The van der Waals surface area contributed by atoms with Gasteiger partial charge in [-0.1, -0.05) is 0 Å². The van der Waals surface area contributed by atoms with Crippen LogP contribution in [0.2, 0.25) is 0 Å². The molecule has 2 atom stereocenters. The molecule has 0 heterocycles. The summed E-state index contributed by atoms with van der Waals surface area (Å²) in [6.45, 7) is 9.81. The predicted molar refractivity (Wildman–Crippen MR) is 163 cm³/mol. The molecular formula is C34H32Cl2P2Ti. The summed E-state index contributed by atoms with van der Waals surface area (Å²) < 4.78 is 1.21. The molecule has 196 valence electrons. The molecular weight excluding hydrogens is 589 g/mol. The second kappa shape index (κ2) is 13.0. The van der Waals surface area contributed by atoms with E-state index in [4.69, 9.17) is 0 Å². The van der Waals surface area contributed by atoms with E-state index in [1.807, 2.05) is 0 Å². The van der Waals surface area contributed by atoms with Crippen LogP contribution in [0.1, 0.15) is 30.7 Å². The summed E-state index contributed by atoms with van der Waals surface area (Å²) >= 11 is -0.360. The summed E-state index contributed by atoms with van der Waals surface area (Å²) in [4.78, 5) is 0. The second-order valence-electron chi connectivity index (χ2n) is 10.3. The molecule has 0 nitrogen and oxygen atoms in total. The van der Waals surface area contributed by atoms with Gasteiger partial charge in [-0.15, -0.1) is 0 Å². The van der Waals surface area contributed by atoms with Crippen molar-refractivity contribution in [2.24, 2.45) is 0 Å². The van der Waals surface area contributed by atoms with Crippen molar-refractivity contribution >= 4 is 28.0 Å². The molecule has 2 aliphatic carbocycles. The number of benzene rings is 4. The van der Waals surface area contributed by atoms with Gasteiger partial charge in [0, 0.05) is 0 Å². The minimum atomic E-state index is -0.360. The van der Waals surface area contributed by atoms with Crippen molar-refractivity contribution in [3.05, 3.63) is 130 Å². The van der Waals surface area contributed by atoms with Crippen molar-refractivity contribution in [2.75, 3.05) is 26.7 Å². The Morgan fingerprint density at radius 3 is 1.23 bits per heavy atom. The van der Waals surface area contributed by atoms with Crippen molar-refractivity contribution in [3.63, 3.8) is 0 Å². The van der Waals surface area contributed by atoms with Crippen LogP contribution in [0, 0.1) is 0 Å². The van der Waals surface area contributed by atoms with Gasteiger partial charge < -0.3 is 24.8 Å². The first-order valence-electron chi connectivity index (χ1n) is 12.9. The summed E-state index contributed by atoms with van der Waals surface area (Å²) in [5.41, 5.74) is 11.6. The molecule has 4 aromatic carbocycles. The molecule has 4 aromatic rings. The van der Waals surface area contributed by atoms with Crippen LogP contribution in [-0.4, -0.2) is 26.7 Å².